The van der Waals surface area contributed by atoms with Gasteiger partial charge in [0.2, 0.25) is 0 Å². The minimum atomic E-state index is -0.596. The van der Waals surface area contributed by atoms with E-state index in [0.717, 1.165) is 4.47 Å². The molecule has 1 atom stereocenters. The Balaban J connectivity index is 1.87. The van der Waals surface area contributed by atoms with E-state index in [-0.39, 0.29) is 6.61 Å². The van der Waals surface area contributed by atoms with Crippen LogP contribution in [0.2, 0.25) is 5.02 Å². The summed E-state index contributed by atoms with van der Waals surface area (Å²) >= 11 is 9.18. The van der Waals surface area contributed by atoms with Crippen molar-refractivity contribution in [3.8, 4) is 5.75 Å². The fourth-order valence-corrected chi connectivity index (χ4v) is 2.27. The number of halogens is 2. The molecule has 1 heterocycles. The summed E-state index contributed by atoms with van der Waals surface area (Å²) in [4.78, 5) is 3.91. The van der Waals surface area contributed by atoms with Gasteiger partial charge in [-0.2, -0.15) is 0 Å². The van der Waals surface area contributed by atoms with Crippen molar-refractivity contribution < 1.29 is 9.84 Å². The molecule has 0 saturated heterocycles. The Morgan fingerprint density at radius 3 is 3.00 bits per heavy atom. The molecule has 4 nitrogen and oxygen atoms in total. The molecule has 96 valence electrons. The van der Waals surface area contributed by atoms with Crippen LogP contribution < -0.4 is 4.74 Å². The molecule has 1 aromatic heterocycles. The van der Waals surface area contributed by atoms with E-state index in [0.29, 0.717) is 17.3 Å². The zero-order chi connectivity index (χ0) is 13.0. The molecule has 0 aliphatic heterocycles. The van der Waals surface area contributed by atoms with Crippen LogP contribution in [0.25, 0.3) is 0 Å². The maximum absolute atomic E-state index is 9.81. The number of hydrogen-bond acceptors (Lipinski definition) is 3. The van der Waals surface area contributed by atoms with Crippen LogP contribution in [0.5, 0.6) is 5.75 Å². The van der Waals surface area contributed by atoms with E-state index in [2.05, 4.69) is 20.9 Å². The fraction of sp³-hybridized carbons (Fsp3) is 0.250. The number of aliphatic hydroxyl groups is 1. The summed E-state index contributed by atoms with van der Waals surface area (Å²) in [6.45, 7) is 0.656. The molecule has 0 amide bonds. The highest BCUT2D eigenvalue weighted by Gasteiger charge is 2.08. The number of benzene rings is 1. The average Bonchev–Trinajstić information content (AvgIpc) is 2.80. The van der Waals surface area contributed by atoms with Gasteiger partial charge in [0.1, 0.15) is 18.5 Å². The molecule has 0 aliphatic carbocycles. The quantitative estimate of drug-likeness (QED) is 0.916. The Labute approximate surface area is 118 Å². The first-order valence-electron chi connectivity index (χ1n) is 5.37. The standard InChI is InChI=1S/C12H12BrClN2O2/c13-11-5-9(14)1-2-12(11)18-7-10(17)6-16-4-3-15-8-16/h1-5,8,10,17H,6-7H2. The predicted octanol–water partition coefficient (Wildman–Crippen LogP) is 2.74. The molecule has 0 saturated carbocycles. The first kappa shape index (κ1) is 13.4. The third-order valence-corrected chi connectivity index (χ3v) is 3.16. The van der Waals surface area contributed by atoms with Crippen molar-refractivity contribution in [2.45, 2.75) is 12.6 Å². The number of ether oxygens (including phenoxy) is 1. The van der Waals surface area contributed by atoms with Crippen molar-refractivity contribution in [3.63, 3.8) is 0 Å². The van der Waals surface area contributed by atoms with Gasteiger partial charge in [-0.3, -0.25) is 0 Å². The van der Waals surface area contributed by atoms with Gasteiger partial charge in [-0.25, -0.2) is 4.98 Å². The van der Waals surface area contributed by atoms with Crippen molar-refractivity contribution in [2.24, 2.45) is 0 Å². The minimum absolute atomic E-state index is 0.207. The van der Waals surface area contributed by atoms with Gasteiger partial charge in [0.15, 0.2) is 0 Å². The first-order valence-corrected chi connectivity index (χ1v) is 6.54. The van der Waals surface area contributed by atoms with E-state index in [9.17, 15) is 5.11 Å². The van der Waals surface area contributed by atoms with Crippen LogP contribution in [0.15, 0.2) is 41.4 Å². The summed E-state index contributed by atoms with van der Waals surface area (Å²) in [6, 6.07) is 5.25. The predicted molar refractivity (Wildman–Crippen MR) is 72.9 cm³/mol. The van der Waals surface area contributed by atoms with Crippen molar-refractivity contribution in [3.05, 3.63) is 46.4 Å². The number of rotatable bonds is 5. The van der Waals surface area contributed by atoms with Gasteiger partial charge < -0.3 is 14.4 Å². The van der Waals surface area contributed by atoms with Crippen molar-refractivity contribution >= 4 is 27.5 Å². The molecule has 0 spiro atoms. The maximum Gasteiger partial charge on any atom is 0.133 e. The Morgan fingerprint density at radius 1 is 1.50 bits per heavy atom. The van der Waals surface area contributed by atoms with E-state index >= 15 is 0 Å². The normalized spacial score (nSPS) is 12.4. The molecule has 18 heavy (non-hydrogen) atoms. The van der Waals surface area contributed by atoms with Crippen LogP contribution in [0.1, 0.15) is 0 Å². The maximum atomic E-state index is 9.81. The highest BCUT2D eigenvalue weighted by molar-refractivity contribution is 9.10. The Kier molecular flexibility index (Phi) is 4.63. The summed E-state index contributed by atoms with van der Waals surface area (Å²) in [5, 5.41) is 10.4. The lowest BCUT2D eigenvalue weighted by molar-refractivity contribution is 0.0921. The first-order chi connectivity index (χ1) is 8.65. The third-order valence-electron chi connectivity index (χ3n) is 2.31. The van der Waals surface area contributed by atoms with Crippen LogP contribution in [0.4, 0.5) is 0 Å². The molecule has 1 aromatic carbocycles. The highest BCUT2D eigenvalue weighted by atomic mass is 79.9. The van der Waals surface area contributed by atoms with Crippen LogP contribution in [0, 0.1) is 0 Å². The molecule has 1 unspecified atom stereocenters. The third kappa shape index (κ3) is 3.73. The zero-order valence-corrected chi connectivity index (χ0v) is 11.8. The molecular weight excluding hydrogens is 320 g/mol. The second-order valence-electron chi connectivity index (χ2n) is 3.80. The minimum Gasteiger partial charge on any atom is -0.490 e. The van der Waals surface area contributed by atoms with Gasteiger partial charge in [-0.05, 0) is 34.1 Å². The second kappa shape index (κ2) is 6.22. The van der Waals surface area contributed by atoms with Gasteiger partial charge >= 0.3 is 0 Å². The smallest absolute Gasteiger partial charge is 0.133 e. The fourth-order valence-electron chi connectivity index (χ4n) is 1.47. The van der Waals surface area contributed by atoms with E-state index in [4.69, 9.17) is 16.3 Å². The van der Waals surface area contributed by atoms with Gasteiger partial charge in [0.25, 0.3) is 0 Å². The SMILES string of the molecule is OC(COc1ccc(Cl)cc1Br)Cn1ccnc1. The summed E-state index contributed by atoms with van der Waals surface area (Å²) in [5.74, 6) is 0.657. The largest absolute Gasteiger partial charge is 0.490 e. The van der Waals surface area contributed by atoms with Crippen LogP contribution >= 0.6 is 27.5 Å². The van der Waals surface area contributed by atoms with Crippen LogP contribution in [-0.2, 0) is 6.54 Å². The Hall–Kier alpha value is -1.04. The molecule has 2 rings (SSSR count). The monoisotopic (exact) mass is 330 g/mol. The lowest BCUT2D eigenvalue weighted by Gasteiger charge is -2.13. The van der Waals surface area contributed by atoms with Crippen molar-refractivity contribution in [1.29, 1.82) is 0 Å². The van der Waals surface area contributed by atoms with Crippen LogP contribution in [-0.4, -0.2) is 27.4 Å². The number of imidazole rings is 1. The summed E-state index contributed by atoms with van der Waals surface area (Å²) in [5.41, 5.74) is 0. The molecular formula is C12H12BrClN2O2. The van der Waals surface area contributed by atoms with Gasteiger partial charge in [-0.15, -0.1) is 0 Å². The molecule has 0 aliphatic rings. The molecule has 0 bridgehead atoms. The van der Waals surface area contributed by atoms with Gasteiger partial charge in [-0.1, -0.05) is 11.6 Å². The Morgan fingerprint density at radius 2 is 2.33 bits per heavy atom. The topological polar surface area (TPSA) is 47.3 Å². The zero-order valence-electron chi connectivity index (χ0n) is 9.46. The molecule has 0 fully saturated rings. The molecule has 6 heteroatoms. The van der Waals surface area contributed by atoms with E-state index in [1.807, 2.05) is 0 Å². The van der Waals surface area contributed by atoms with E-state index < -0.39 is 6.10 Å². The van der Waals surface area contributed by atoms with Gasteiger partial charge in [0.05, 0.1) is 17.3 Å². The number of nitrogens with zero attached hydrogens (tertiary/aromatic N) is 2. The highest BCUT2D eigenvalue weighted by Crippen LogP contribution is 2.27. The number of aromatic nitrogens is 2. The number of aliphatic hydroxyl groups excluding tert-OH is 1. The van der Waals surface area contributed by atoms with Gasteiger partial charge in [0, 0.05) is 17.4 Å². The Bertz CT molecular complexity index is 505. The summed E-state index contributed by atoms with van der Waals surface area (Å²) in [7, 11) is 0. The summed E-state index contributed by atoms with van der Waals surface area (Å²) < 4.78 is 8.08. The molecule has 2 aromatic rings. The average molecular weight is 332 g/mol. The van der Waals surface area contributed by atoms with E-state index in [1.165, 1.54) is 0 Å². The van der Waals surface area contributed by atoms with Crippen LogP contribution in [0.3, 0.4) is 0 Å². The van der Waals surface area contributed by atoms with Crippen molar-refractivity contribution in [1.82, 2.24) is 9.55 Å². The lowest BCUT2D eigenvalue weighted by Crippen LogP contribution is -2.23. The molecule has 0 radical (unpaired) electrons. The number of hydrogen-bond donors (Lipinski definition) is 1. The second-order valence-corrected chi connectivity index (χ2v) is 5.09. The van der Waals surface area contributed by atoms with E-state index in [1.54, 1.807) is 41.5 Å². The lowest BCUT2D eigenvalue weighted by atomic mass is 10.3. The summed E-state index contributed by atoms with van der Waals surface area (Å²) in [6.07, 6.45) is 4.52. The van der Waals surface area contributed by atoms with Crippen molar-refractivity contribution in [2.75, 3.05) is 6.61 Å². The molecule has 1 N–H and O–H groups in total.